The number of aromatic nitrogens is 1. The highest BCUT2D eigenvalue weighted by molar-refractivity contribution is 6.01. The number of hydrazine groups is 1. The molecular formula is C16H23N7O. The molecule has 0 aliphatic carbocycles. The van der Waals surface area contributed by atoms with Crippen LogP contribution in [0.2, 0.25) is 0 Å². The predicted octanol–water partition coefficient (Wildman–Crippen LogP) is -0.303. The molecule has 2 unspecified atom stereocenters. The number of hydrogen-bond donors (Lipinski definition) is 4. The maximum Gasteiger partial charge on any atom is 0.234 e. The van der Waals surface area contributed by atoms with Crippen LogP contribution >= 0.6 is 0 Å². The first-order valence-corrected chi connectivity index (χ1v) is 8.60. The van der Waals surface area contributed by atoms with Crippen molar-refractivity contribution in [2.75, 3.05) is 24.5 Å². The Bertz CT molecular complexity index is 641. The van der Waals surface area contributed by atoms with Crippen molar-refractivity contribution in [3.8, 4) is 0 Å². The molecule has 1 aromatic rings. The van der Waals surface area contributed by atoms with Crippen molar-refractivity contribution in [3.63, 3.8) is 0 Å². The fraction of sp³-hybridized carbons (Fsp3) is 0.562. The van der Waals surface area contributed by atoms with Gasteiger partial charge in [0.2, 0.25) is 5.91 Å². The third kappa shape index (κ3) is 3.20. The van der Waals surface area contributed by atoms with Crippen molar-refractivity contribution >= 4 is 17.7 Å². The molecule has 3 saturated heterocycles. The minimum atomic E-state index is -0.101. The molecule has 4 N–H and O–H groups in total. The fourth-order valence-electron chi connectivity index (χ4n) is 3.38. The van der Waals surface area contributed by atoms with Gasteiger partial charge in [0, 0.05) is 25.8 Å². The Morgan fingerprint density at radius 1 is 1.29 bits per heavy atom. The lowest BCUT2D eigenvalue weighted by Gasteiger charge is -2.28. The number of rotatable bonds is 3. The normalized spacial score (nSPS) is 28.4. The van der Waals surface area contributed by atoms with Gasteiger partial charge in [-0.1, -0.05) is 0 Å². The monoisotopic (exact) mass is 329 g/mol. The number of aliphatic imine (C=N–C) groups is 1. The zero-order valence-corrected chi connectivity index (χ0v) is 13.6. The summed E-state index contributed by atoms with van der Waals surface area (Å²) in [5.41, 5.74) is 7.13. The highest BCUT2D eigenvalue weighted by Gasteiger charge is 2.37. The highest BCUT2D eigenvalue weighted by atomic mass is 16.2. The second-order valence-corrected chi connectivity index (χ2v) is 6.48. The summed E-state index contributed by atoms with van der Waals surface area (Å²) in [5.74, 6) is 1.44. The van der Waals surface area contributed by atoms with Crippen LogP contribution < -0.4 is 26.4 Å². The molecule has 2 atom stereocenters. The van der Waals surface area contributed by atoms with Crippen LogP contribution in [0.1, 0.15) is 24.8 Å². The smallest absolute Gasteiger partial charge is 0.234 e. The van der Waals surface area contributed by atoms with Gasteiger partial charge in [-0.05, 0) is 37.0 Å². The number of pyridine rings is 1. The molecule has 3 aliphatic heterocycles. The number of guanidine groups is 1. The van der Waals surface area contributed by atoms with Crippen LogP contribution in [0, 0.1) is 5.92 Å². The Kier molecular flexibility index (Phi) is 4.31. The van der Waals surface area contributed by atoms with E-state index in [1.165, 1.54) is 19.3 Å². The summed E-state index contributed by atoms with van der Waals surface area (Å²) >= 11 is 0. The van der Waals surface area contributed by atoms with E-state index < -0.39 is 0 Å². The van der Waals surface area contributed by atoms with Crippen LogP contribution in [-0.2, 0) is 11.3 Å². The third-order valence-electron chi connectivity index (χ3n) is 4.76. The van der Waals surface area contributed by atoms with Crippen LogP contribution in [0.4, 0.5) is 5.82 Å². The van der Waals surface area contributed by atoms with Crippen molar-refractivity contribution in [1.82, 2.24) is 26.5 Å². The number of nitrogens with one attached hydrogen (secondary N) is 4. The molecule has 4 rings (SSSR count). The second kappa shape index (κ2) is 6.74. The molecule has 0 saturated carbocycles. The second-order valence-electron chi connectivity index (χ2n) is 6.48. The van der Waals surface area contributed by atoms with E-state index in [0.717, 1.165) is 24.5 Å². The lowest BCUT2D eigenvalue weighted by molar-refractivity contribution is -0.124. The first-order chi connectivity index (χ1) is 11.8. The Morgan fingerprint density at radius 2 is 2.17 bits per heavy atom. The van der Waals surface area contributed by atoms with E-state index >= 15 is 0 Å². The van der Waals surface area contributed by atoms with Crippen LogP contribution in [0.25, 0.3) is 0 Å². The predicted molar refractivity (Wildman–Crippen MR) is 91.1 cm³/mol. The molecule has 0 spiro atoms. The molecule has 3 aliphatic rings. The number of carbonyl (C=O) groups is 1. The zero-order chi connectivity index (χ0) is 16.4. The van der Waals surface area contributed by atoms with Gasteiger partial charge in [0.05, 0.1) is 12.5 Å². The van der Waals surface area contributed by atoms with Gasteiger partial charge >= 0.3 is 0 Å². The van der Waals surface area contributed by atoms with Crippen LogP contribution in [-0.4, -0.2) is 42.7 Å². The molecule has 128 valence electrons. The third-order valence-corrected chi connectivity index (χ3v) is 4.76. The Morgan fingerprint density at radius 3 is 3.04 bits per heavy atom. The molecule has 0 radical (unpaired) electrons. The minimum absolute atomic E-state index is 0.00117. The van der Waals surface area contributed by atoms with Gasteiger partial charge in [0.1, 0.15) is 12.0 Å². The molecule has 1 amide bonds. The van der Waals surface area contributed by atoms with Crippen LogP contribution in [0.5, 0.6) is 0 Å². The van der Waals surface area contributed by atoms with Gasteiger partial charge in [-0.3, -0.25) is 15.5 Å². The van der Waals surface area contributed by atoms with Gasteiger partial charge in [-0.25, -0.2) is 15.4 Å². The van der Waals surface area contributed by atoms with Gasteiger partial charge in [-0.2, -0.15) is 0 Å². The van der Waals surface area contributed by atoms with Crippen molar-refractivity contribution in [2.24, 2.45) is 10.9 Å². The molecule has 0 aromatic carbocycles. The molecule has 8 heteroatoms. The number of fused-ring (bicyclic) bond motifs is 1. The summed E-state index contributed by atoms with van der Waals surface area (Å²) in [5, 5.41) is 6.04. The van der Waals surface area contributed by atoms with Gasteiger partial charge < -0.3 is 10.2 Å². The van der Waals surface area contributed by atoms with Gasteiger partial charge in [-0.15, -0.1) is 0 Å². The van der Waals surface area contributed by atoms with Crippen molar-refractivity contribution in [3.05, 3.63) is 23.9 Å². The standard InChI is InChI=1S/C16H23N7O/c24-15-12-10-19-22-14(12)20-16(21-15)18-9-11-4-5-17-13(8-11)23-6-2-1-3-7-23/h4-5,8,12,14,19,22H,1-3,6-7,9-10H2,(H2,18,20,21,24). The topological polar surface area (TPSA) is 93.7 Å². The molecular weight excluding hydrogens is 306 g/mol. The van der Waals surface area contributed by atoms with Crippen LogP contribution in [0.15, 0.2) is 23.3 Å². The van der Waals surface area contributed by atoms with E-state index in [-0.39, 0.29) is 18.0 Å². The van der Waals surface area contributed by atoms with E-state index in [4.69, 9.17) is 0 Å². The number of nitrogens with zero attached hydrogens (tertiary/aromatic N) is 3. The summed E-state index contributed by atoms with van der Waals surface area (Å²) < 4.78 is 0. The quantitative estimate of drug-likeness (QED) is 0.608. The summed E-state index contributed by atoms with van der Waals surface area (Å²) in [7, 11) is 0. The summed E-state index contributed by atoms with van der Waals surface area (Å²) in [4.78, 5) is 23.4. The number of piperidine rings is 1. The number of hydrogen-bond acceptors (Lipinski definition) is 6. The maximum absolute atomic E-state index is 12.0. The van der Waals surface area contributed by atoms with E-state index in [1.54, 1.807) is 0 Å². The van der Waals surface area contributed by atoms with Crippen molar-refractivity contribution in [2.45, 2.75) is 32.0 Å². The average molecular weight is 329 g/mol. The summed E-state index contributed by atoms with van der Waals surface area (Å²) in [6.07, 6.45) is 5.51. The largest absolute Gasteiger partial charge is 0.357 e. The molecule has 4 heterocycles. The minimum Gasteiger partial charge on any atom is -0.357 e. The zero-order valence-electron chi connectivity index (χ0n) is 13.6. The first kappa shape index (κ1) is 15.3. The Balaban J connectivity index is 1.42. The fourth-order valence-corrected chi connectivity index (χ4v) is 3.38. The molecule has 1 aromatic heterocycles. The summed E-state index contributed by atoms with van der Waals surface area (Å²) in [6.45, 7) is 3.28. The lowest BCUT2D eigenvalue weighted by atomic mass is 10.1. The van der Waals surface area contributed by atoms with E-state index in [9.17, 15) is 4.79 Å². The van der Waals surface area contributed by atoms with Gasteiger partial charge in [0.15, 0.2) is 5.96 Å². The average Bonchev–Trinajstić information content (AvgIpc) is 3.10. The lowest BCUT2D eigenvalue weighted by Crippen LogP contribution is -2.61. The van der Waals surface area contributed by atoms with E-state index in [1.807, 2.05) is 12.3 Å². The Hall–Kier alpha value is -2.19. The maximum atomic E-state index is 12.0. The molecule has 3 fully saturated rings. The number of amides is 1. The van der Waals surface area contributed by atoms with Crippen molar-refractivity contribution in [1.29, 1.82) is 0 Å². The van der Waals surface area contributed by atoms with Gasteiger partial charge in [0.25, 0.3) is 0 Å². The van der Waals surface area contributed by atoms with Crippen LogP contribution in [0.3, 0.4) is 0 Å². The van der Waals surface area contributed by atoms with E-state index in [0.29, 0.717) is 19.0 Å². The molecule has 8 nitrogen and oxygen atoms in total. The van der Waals surface area contributed by atoms with Crippen molar-refractivity contribution < 1.29 is 4.79 Å². The molecule has 24 heavy (non-hydrogen) atoms. The molecule has 0 bridgehead atoms. The number of carbonyl (C=O) groups excluding carboxylic acids is 1. The number of anilines is 1. The van der Waals surface area contributed by atoms with E-state index in [2.05, 4.69) is 42.4 Å². The summed E-state index contributed by atoms with van der Waals surface area (Å²) in [6, 6.07) is 4.07. The SMILES string of the molecule is O=C1NC(=NCc2ccnc(N3CCCCC3)c2)NC2NNCC12. The highest BCUT2D eigenvalue weighted by Crippen LogP contribution is 2.18. The first-order valence-electron chi connectivity index (χ1n) is 8.60. The Labute approximate surface area is 141 Å².